The number of fused-ring (bicyclic) bond motifs is 1. The molecular formula is C18H29NO2. The highest BCUT2D eigenvalue weighted by atomic mass is 16.5. The molecule has 0 saturated heterocycles. The maximum absolute atomic E-state index is 6.01. The molecule has 0 atom stereocenters. The number of rotatable bonds is 8. The lowest BCUT2D eigenvalue weighted by atomic mass is 10.0. The Morgan fingerprint density at radius 1 is 1.24 bits per heavy atom. The molecule has 0 radical (unpaired) electrons. The Bertz CT molecular complexity index is 455. The van der Waals surface area contributed by atoms with Crippen LogP contribution in [0.15, 0.2) is 18.2 Å². The van der Waals surface area contributed by atoms with Gasteiger partial charge in [-0.25, -0.2) is 0 Å². The molecule has 1 aromatic rings. The maximum atomic E-state index is 6.01. The zero-order chi connectivity index (χ0) is 15.3. The second-order valence-electron chi connectivity index (χ2n) is 6.80. The first kappa shape index (κ1) is 16.2. The topological polar surface area (TPSA) is 30.5 Å². The van der Waals surface area contributed by atoms with Crippen molar-refractivity contribution in [2.75, 3.05) is 13.2 Å². The summed E-state index contributed by atoms with van der Waals surface area (Å²) in [6.45, 7) is 10.5. The van der Waals surface area contributed by atoms with Gasteiger partial charge < -0.3 is 14.8 Å². The normalized spacial score (nSPS) is 15.9. The van der Waals surface area contributed by atoms with E-state index in [1.165, 1.54) is 18.4 Å². The van der Waals surface area contributed by atoms with Crippen molar-refractivity contribution < 1.29 is 9.47 Å². The number of benzene rings is 1. The fourth-order valence-corrected chi connectivity index (χ4v) is 2.68. The molecule has 21 heavy (non-hydrogen) atoms. The Labute approximate surface area is 129 Å². The minimum absolute atomic E-state index is 0.107. The van der Waals surface area contributed by atoms with Crippen molar-refractivity contribution in [2.45, 2.75) is 65.0 Å². The average molecular weight is 291 g/mol. The van der Waals surface area contributed by atoms with Gasteiger partial charge in [-0.3, -0.25) is 0 Å². The fourth-order valence-electron chi connectivity index (χ4n) is 2.68. The van der Waals surface area contributed by atoms with Crippen LogP contribution in [0.4, 0.5) is 0 Å². The zero-order valence-corrected chi connectivity index (χ0v) is 13.9. The summed E-state index contributed by atoms with van der Waals surface area (Å²) >= 11 is 0. The fraction of sp³-hybridized carbons (Fsp3) is 0.667. The third kappa shape index (κ3) is 4.92. The lowest BCUT2D eigenvalue weighted by Gasteiger charge is -2.18. The van der Waals surface area contributed by atoms with E-state index in [2.05, 4.69) is 45.1 Å². The quantitative estimate of drug-likeness (QED) is 0.736. The van der Waals surface area contributed by atoms with Crippen molar-refractivity contribution >= 4 is 0 Å². The lowest BCUT2D eigenvalue weighted by Crippen LogP contribution is -2.24. The number of hydrogen-bond acceptors (Lipinski definition) is 3. The van der Waals surface area contributed by atoms with E-state index in [1.54, 1.807) is 0 Å². The number of nitrogens with one attached hydrogen (secondary N) is 1. The van der Waals surface area contributed by atoms with E-state index in [9.17, 15) is 0 Å². The van der Waals surface area contributed by atoms with Crippen LogP contribution >= 0.6 is 0 Å². The molecule has 0 spiro atoms. The highest BCUT2D eigenvalue weighted by molar-refractivity contribution is 5.50. The predicted molar refractivity (Wildman–Crippen MR) is 87.3 cm³/mol. The molecule has 0 saturated carbocycles. The minimum Gasteiger partial charge on any atom is -0.490 e. The van der Waals surface area contributed by atoms with Gasteiger partial charge >= 0.3 is 0 Å². The molecule has 2 rings (SSSR count). The SMILES string of the molecule is CC(C)NCCCCCOc1cccc2c1OC(C)(C)C2. The molecule has 0 aliphatic carbocycles. The van der Waals surface area contributed by atoms with E-state index in [4.69, 9.17) is 9.47 Å². The van der Waals surface area contributed by atoms with E-state index < -0.39 is 0 Å². The first-order chi connectivity index (χ1) is 9.98. The number of para-hydroxylation sites is 1. The van der Waals surface area contributed by atoms with Crippen molar-refractivity contribution in [1.82, 2.24) is 5.32 Å². The van der Waals surface area contributed by atoms with Crippen LogP contribution in [0.2, 0.25) is 0 Å². The number of unbranched alkanes of at least 4 members (excludes halogenated alkanes) is 2. The van der Waals surface area contributed by atoms with Gasteiger partial charge in [-0.1, -0.05) is 26.0 Å². The van der Waals surface area contributed by atoms with Crippen molar-refractivity contribution in [3.8, 4) is 11.5 Å². The van der Waals surface area contributed by atoms with Gasteiger partial charge in [0.25, 0.3) is 0 Å². The van der Waals surface area contributed by atoms with Crippen molar-refractivity contribution in [3.05, 3.63) is 23.8 Å². The molecule has 1 aliphatic rings. The van der Waals surface area contributed by atoms with Gasteiger partial charge in [0, 0.05) is 18.0 Å². The zero-order valence-electron chi connectivity index (χ0n) is 13.9. The van der Waals surface area contributed by atoms with Crippen LogP contribution in [-0.4, -0.2) is 24.8 Å². The first-order valence-electron chi connectivity index (χ1n) is 8.15. The lowest BCUT2D eigenvalue weighted by molar-refractivity contribution is 0.132. The van der Waals surface area contributed by atoms with Gasteiger partial charge in [0.1, 0.15) is 5.60 Å². The standard InChI is InChI=1S/C18H29NO2/c1-14(2)19-11-6-5-7-12-20-16-10-8-9-15-13-18(3,4)21-17(15)16/h8-10,14,19H,5-7,11-13H2,1-4H3. The summed E-state index contributed by atoms with van der Waals surface area (Å²) in [7, 11) is 0. The molecule has 0 bridgehead atoms. The van der Waals surface area contributed by atoms with E-state index in [-0.39, 0.29) is 5.60 Å². The third-order valence-corrected chi connectivity index (χ3v) is 3.69. The summed E-state index contributed by atoms with van der Waals surface area (Å²) in [6, 6.07) is 6.79. The summed E-state index contributed by atoms with van der Waals surface area (Å²) in [5.74, 6) is 1.85. The molecule has 0 unspecified atom stereocenters. The second kappa shape index (κ2) is 7.17. The Morgan fingerprint density at radius 2 is 2.05 bits per heavy atom. The monoisotopic (exact) mass is 291 g/mol. The molecule has 3 heteroatoms. The van der Waals surface area contributed by atoms with E-state index in [0.717, 1.165) is 37.5 Å². The summed E-state index contributed by atoms with van der Waals surface area (Å²) in [5.41, 5.74) is 1.16. The van der Waals surface area contributed by atoms with Gasteiger partial charge in [0.2, 0.25) is 0 Å². The van der Waals surface area contributed by atoms with Crippen LogP contribution in [0.1, 0.15) is 52.5 Å². The first-order valence-corrected chi connectivity index (χ1v) is 8.15. The second-order valence-corrected chi connectivity index (χ2v) is 6.80. The van der Waals surface area contributed by atoms with Crippen LogP contribution in [0.25, 0.3) is 0 Å². The molecule has 3 nitrogen and oxygen atoms in total. The largest absolute Gasteiger partial charge is 0.490 e. The van der Waals surface area contributed by atoms with Gasteiger partial charge in [-0.15, -0.1) is 0 Å². The minimum atomic E-state index is -0.107. The highest BCUT2D eigenvalue weighted by Crippen LogP contribution is 2.41. The van der Waals surface area contributed by atoms with Crippen LogP contribution in [0.3, 0.4) is 0 Å². The molecule has 1 heterocycles. The smallest absolute Gasteiger partial charge is 0.165 e. The Morgan fingerprint density at radius 3 is 2.81 bits per heavy atom. The maximum Gasteiger partial charge on any atom is 0.165 e. The molecule has 0 amide bonds. The van der Waals surface area contributed by atoms with Crippen LogP contribution in [-0.2, 0) is 6.42 Å². The van der Waals surface area contributed by atoms with Crippen LogP contribution < -0.4 is 14.8 Å². The molecule has 0 fully saturated rings. The highest BCUT2D eigenvalue weighted by Gasteiger charge is 2.32. The van der Waals surface area contributed by atoms with Crippen molar-refractivity contribution in [1.29, 1.82) is 0 Å². The predicted octanol–water partition coefficient (Wildman–Crippen LogP) is 3.95. The van der Waals surface area contributed by atoms with Gasteiger partial charge in [0.15, 0.2) is 11.5 Å². The molecule has 1 aliphatic heterocycles. The Balaban J connectivity index is 1.72. The Hall–Kier alpha value is -1.22. The van der Waals surface area contributed by atoms with Crippen LogP contribution in [0.5, 0.6) is 11.5 Å². The summed E-state index contributed by atoms with van der Waals surface area (Å²) in [6.07, 6.45) is 4.45. The molecule has 1 N–H and O–H groups in total. The number of hydrogen-bond donors (Lipinski definition) is 1. The summed E-state index contributed by atoms with van der Waals surface area (Å²) in [5, 5.41) is 3.44. The van der Waals surface area contributed by atoms with Crippen LogP contribution in [0, 0.1) is 0 Å². The summed E-state index contributed by atoms with van der Waals surface area (Å²) in [4.78, 5) is 0. The molecular weight excluding hydrogens is 262 g/mol. The van der Waals surface area contributed by atoms with Gasteiger partial charge in [-0.05, 0) is 45.7 Å². The Kier molecular flexibility index (Phi) is 5.51. The summed E-state index contributed by atoms with van der Waals surface area (Å²) < 4.78 is 11.9. The van der Waals surface area contributed by atoms with E-state index >= 15 is 0 Å². The number of ether oxygens (including phenoxy) is 2. The van der Waals surface area contributed by atoms with Crippen molar-refractivity contribution in [2.24, 2.45) is 0 Å². The van der Waals surface area contributed by atoms with Crippen molar-refractivity contribution in [3.63, 3.8) is 0 Å². The average Bonchev–Trinajstić information content (AvgIpc) is 2.72. The van der Waals surface area contributed by atoms with E-state index in [0.29, 0.717) is 6.04 Å². The van der Waals surface area contributed by atoms with Gasteiger partial charge in [0.05, 0.1) is 6.61 Å². The molecule has 118 valence electrons. The third-order valence-electron chi connectivity index (χ3n) is 3.69. The molecule has 1 aromatic carbocycles. The molecule has 0 aromatic heterocycles. The van der Waals surface area contributed by atoms with Gasteiger partial charge in [-0.2, -0.15) is 0 Å². The van der Waals surface area contributed by atoms with E-state index in [1.807, 2.05) is 6.07 Å².